The number of nitrogens with one attached hydrogen (secondary N) is 1. The molecule has 1 aliphatic rings. The van der Waals surface area contributed by atoms with Crippen molar-refractivity contribution in [1.29, 1.82) is 0 Å². The van der Waals surface area contributed by atoms with Gasteiger partial charge in [0.15, 0.2) is 0 Å². The Labute approximate surface area is 143 Å². The molecule has 25 heavy (non-hydrogen) atoms. The number of hydrogen-bond donors (Lipinski definition) is 2. The highest BCUT2D eigenvalue weighted by Gasteiger charge is 2.23. The van der Waals surface area contributed by atoms with Crippen LogP contribution in [0.25, 0.3) is 0 Å². The van der Waals surface area contributed by atoms with Crippen LogP contribution in [0.15, 0.2) is 53.4 Å². The molecule has 0 radical (unpaired) electrons. The van der Waals surface area contributed by atoms with E-state index in [0.717, 1.165) is 6.07 Å². The summed E-state index contributed by atoms with van der Waals surface area (Å²) in [5, 5.41) is 8.96. The summed E-state index contributed by atoms with van der Waals surface area (Å²) in [6.45, 7) is 0.749. The van der Waals surface area contributed by atoms with E-state index in [-0.39, 0.29) is 16.1 Å². The quantitative estimate of drug-likeness (QED) is 0.842. The number of ether oxygens (including phenoxy) is 1. The van der Waals surface area contributed by atoms with Gasteiger partial charge in [-0.3, -0.25) is 9.62 Å². The van der Waals surface area contributed by atoms with E-state index in [1.807, 2.05) is 0 Å². The van der Waals surface area contributed by atoms with Gasteiger partial charge in [-0.25, -0.2) is 18.0 Å². The first-order valence-corrected chi connectivity index (χ1v) is 8.76. The van der Waals surface area contributed by atoms with Gasteiger partial charge in [-0.05, 0) is 42.5 Å². The average molecular weight is 362 g/mol. The Bertz CT molecular complexity index is 924. The molecule has 2 aromatic carbocycles. The fourth-order valence-corrected chi connectivity index (χ4v) is 3.45. The number of nitrogens with zero attached hydrogens (tertiary/aromatic N) is 1. The van der Waals surface area contributed by atoms with Gasteiger partial charge in [0.1, 0.15) is 6.61 Å². The molecule has 1 heterocycles. The molecule has 0 aromatic heterocycles. The summed E-state index contributed by atoms with van der Waals surface area (Å²) in [6, 6.07) is 11.3. The molecule has 0 bridgehead atoms. The molecule has 1 aliphatic heterocycles. The van der Waals surface area contributed by atoms with Crippen molar-refractivity contribution in [3.05, 3.63) is 54.1 Å². The van der Waals surface area contributed by atoms with E-state index in [0.29, 0.717) is 18.8 Å². The van der Waals surface area contributed by atoms with E-state index in [1.54, 1.807) is 12.1 Å². The van der Waals surface area contributed by atoms with E-state index in [2.05, 4.69) is 4.72 Å². The number of sulfonamides is 1. The minimum atomic E-state index is -3.93. The fourth-order valence-electron chi connectivity index (χ4n) is 2.35. The van der Waals surface area contributed by atoms with Crippen molar-refractivity contribution >= 4 is 33.5 Å². The maximum atomic E-state index is 12.4. The van der Waals surface area contributed by atoms with Crippen LogP contribution in [0, 0.1) is 0 Å². The van der Waals surface area contributed by atoms with Crippen molar-refractivity contribution < 1.29 is 27.9 Å². The van der Waals surface area contributed by atoms with Crippen molar-refractivity contribution in [3.8, 4) is 0 Å². The monoisotopic (exact) mass is 362 g/mol. The Balaban J connectivity index is 1.80. The zero-order valence-electron chi connectivity index (χ0n) is 12.9. The zero-order chi connectivity index (χ0) is 18.0. The molecule has 1 fully saturated rings. The number of rotatable bonds is 5. The second-order valence-electron chi connectivity index (χ2n) is 5.25. The minimum absolute atomic E-state index is 0.120. The summed E-state index contributed by atoms with van der Waals surface area (Å²) in [4.78, 5) is 23.8. The normalized spacial score (nSPS) is 14.2. The molecule has 9 heteroatoms. The lowest BCUT2D eigenvalue weighted by molar-refractivity contribution is 0.0696. The van der Waals surface area contributed by atoms with Crippen LogP contribution in [0.1, 0.15) is 10.4 Å². The van der Waals surface area contributed by atoms with Gasteiger partial charge in [-0.15, -0.1) is 0 Å². The summed E-state index contributed by atoms with van der Waals surface area (Å²) in [7, 11) is -3.93. The molecule has 130 valence electrons. The van der Waals surface area contributed by atoms with Gasteiger partial charge in [0.2, 0.25) is 0 Å². The molecule has 2 N–H and O–H groups in total. The molecular weight excluding hydrogens is 348 g/mol. The molecule has 0 atom stereocenters. The Morgan fingerprint density at radius 3 is 2.48 bits per heavy atom. The van der Waals surface area contributed by atoms with Crippen molar-refractivity contribution in [2.75, 3.05) is 22.8 Å². The van der Waals surface area contributed by atoms with Crippen LogP contribution in [0.2, 0.25) is 0 Å². The van der Waals surface area contributed by atoms with Gasteiger partial charge in [0.05, 0.1) is 17.0 Å². The van der Waals surface area contributed by atoms with Crippen molar-refractivity contribution in [1.82, 2.24) is 0 Å². The second-order valence-corrected chi connectivity index (χ2v) is 6.93. The Morgan fingerprint density at radius 2 is 1.88 bits per heavy atom. The number of anilines is 2. The van der Waals surface area contributed by atoms with E-state index in [9.17, 15) is 18.0 Å². The maximum absolute atomic E-state index is 12.4. The Hall–Kier alpha value is -3.07. The van der Waals surface area contributed by atoms with Crippen molar-refractivity contribution in [2.24, 2.45) is 0 Å². The summed E-state index contributed by atoms with van der Waals surface area (Å²) in [6.07, 6.45) is -0.446. The highest BCUT2D eigenvalue weighted by atomic mass is 32.2. The van der Waals surface area contributed by atoms with E-state index in [4.69, 9.17) is 9.84 Å². The Morgan fingerprint density at radius 1 is 1.16 bits per heavy atom. The third kappa shape index (κ3) is 3.56. The standard InChI is InChI=1S/C16H14N2O6S/c19-15(20)11-2-1-3-14(10-11)25(22,23)17-12-4-6-13(7-5-12)18-8-9-24-16(18)21/h1-7,10,17H,8-9H2,(H,19,20). The van der Waals surface area contributed by atoms with Crippen LogP contribution >= 0.6 is 0 Å². The zero-order valence-corrected chi connectivity index (χ0v) is 13.7. The third-order valence-electron chi connectivity index (χ3n) is 3.58. The molecule has 1 amide bonds. The number of cyclic esters (lactones) is 1. The van der Waals surface area contributed by atoms with Crippen LogP contribution in [0.3, 0.4) is 0 Å². The van der Waals surface area contributed by atoms with E-state index < -0.39 is 22.1 Å². The third-order valence-corrected chi connectivity index (χ3v) is 4.96. The highest BCUT2D eigenvalue weighted by Crippen LogP contribution is 2.23. The van der Waals surface area contributed by atoms with E-state index in [1.165, 1.54) is 35.2 Å². The van der Waals surface area contributed by atoms with Gasteiger partial charge in [-0.2, -0.15) is 0 Å². The molecule has 0 saturated carbocycles. The molecular formula is C16H14N2O6S. The lowest BCUT2D eigenvalue weighted by Crippen LogP contribution is -2.23. The van der Waals surface area contributed by atoms with Crippen molar-refractivity contribution in [2.45, 2.75) is 4.90 Å². The molecule has 8 nitrogen and oxygen atoms in total. The number of carboxylic acid groups (broad SMARTS) is 1. The Kier molecular flexibility index (Phi) is 4.32. The fraction of sp³-hybridized carbons (Fsp3) is 0.125. The van der Waals surface area contributed by atoms with Crippen LogP contribution in [0.4, 0.5) is 16.2 Å². The summed E-state index contributed by atoms with van der Waals surface area (Å²) in [5.41, 5.74) is 0.765. The number of aromatic carboxylic acids is 1. The number of carbonyl (C=O) groups excluding carboxylic acids is 1. The van der Waals surface area contributed by atoms with Crippen LogP contribution in [-0.4, -0.2) is 38.7 Å². The first kappa shape index (κ1) is 16.8. The SMILES string of the molecule is O=C(O)c1cccc(S(=O)(=O)Nc2ccc(N3CCOC3=O)cc2)c1. The predicted octanol–water partition coefficient (Wildman–Crippen LogP) is 2.14. The largest absolute Gasteiger partial charge is 0.478 e. The summed E-state index contributed by atoms with van der Waals surface area (Å²) in [5.74, 6) is -1.21. The molecule has 0 aliphatic carbocycles. The van der Waals surface area contributed by atoms with Crippen LogP contribution in [0.5, 0.6) is 0 Å². The topological polar surface area (TPSA) is 113 Å². The van der Waals surface area contributed by atoms with Crippen LogP contribution in [-0.2, 0) is 14.8 Å². The summed E-state index contributed by atoms with van der Waals surface area (Å²) < 4.78 is 32.0. The van der Waals surface area contributed by atoms with Gasteiger partial charge in [0, 0.05) is 11.4 Å². The first-order chi connectivity index (χ1) is 11.9. The molecule has 2 aromatic rings. The van der Waals surface area contributed by atoms with E-state index >= 15 is 0 Å². The van der Waals surface area contributed by atoms with Gasteiger partial charge in [0.25, 0.3) is 10.0 Å². The molecule has 0 spiro atoms. The van der Waals surface area contributed by atoms with Crippen LogP contribution < -0.4 is 9.62 Å². The first-order valence-electron chi connectivity index (χ1n) is 7.27. The predicted molar refractivity (Wildman–Crippen MR) is 89.3 cm³/mol. The number of amides is 1. The lowest BCUT2D eigenvalue weighted by Gasteiger charge is -2.14. The minimum Gasteiger partial charge on any atom is -0.478 e. The number of hydrogen-bond acceptors (Lipinski definition) is 5. The average Bonchev–Trinajstić information content (AvgIpc) is 3.01. The lowest BCUT2D eigenvalue weighted by atomic mass is 10.2. The molecule has 0 unspecified atom stereocenters. The van der Waals surface area contributed by atoms with Gasteiger partial charge >= 0.3 is 12.1 Å². The smallest absolute Gasteiger partial charge is 0.414 e. The van der Waals surface area contributed by atoms with Crippen molar-refractivity contribution in [3.63, 3.8) is 0 Å². The molecule has 1 saturated heterocycles. The summed E-state index contributed by atoms with van der Waals surface area (Å²) >= 11 is 0. The van der Waals surface area contributed by atoms with Gasteiger partial charge in [-0.1, -0.05) is 6.07 Å². The second kappa shape index (κ2) is 6.44. The number of benzene rings is 2. The number of carbonyl (C=O) groups is 2. The number of carboxylic acids is 1. The highest BCUT2D eigenvalue weighted by molar-refractivity contribution is 7.92. The molecule has 3 rings (SSSR count). The maximum Gasteiger partial charge on any atom is 0.414 e. The van der Waals surface area contributed by atoms with Gasteiger partial charge < -0.3 is 9.84 Å².